The SMILES string of the molecule is Cc1ccc2c(c1)CCN2C(=O)CC(C)N. The van der Waals surface area contributed by atoms with E-state index in [1.807, 2.05) is 17.9 Å². The Balaban J connectivity index is 2.20. The van der Waals surface area contributed by atoms with E-state index in [1.165, 1.54) is 11.1 Å². The molecule has 0 aromatic heterocycles. The lowest BCUT2D eigenvalue weighted by molar-refractivity contribution is -0.118. The number of rotatable bonds is 2. The summed E-state index contributed by atoms with van der Waals surface area (Å²) >= 11 is 0. The molecule has 0 spiro atoms. The Kier molecular flexibility index (Phi) is 2.97. The standard InChI is InChI=1S/C13H18N2O/c1-9-3-4-12-11(7-9)5-6-15(12)13(16)8-10(2)14/h3-4,7,10H,5-6,8,14H2,1-2H3. The van der Waals surface area contributed by atoms with Crippen LogP contribution in [0.25, 0.3) is 0 Å². The number of amides is 1. The van der Waals surface area contributed by atoms with Gasteiger partial charge in [0.05, 0.1) is 0 Å². The molecule has 1 amide bonds. The molecule has 0 saturated carbocycles. The second kappa shape index (κ2) is 4.26. The minimum absolute atomic E-state index is 0.0676. The molecule has 1 aromatic rings. The fraction of sp³-hybridized carbons (Fsp3) is 0.462. The van der Waals surface area contributed by atoms with Gasteiger partial charge in [0.15, 0.2) is 0 Å². The van der Waals surface area contributed by atoms with E-state index in [2.05, 4.69) is 19.1 Å². The summed E-state index contributed by atoms with van der Waals surface area (Å²) in [4.78, 5) is 13.8. The first-order valence-corrected chi connectivity index (χ1v) is 5.73. The molecule has 0 fully saturated rings. The van der Waals surface area contributed by atoms with Crippen molar-refractivity contribution < 1.29 is 4.79 Å². The van der Waals surface area contributed by atoms with E-state index in [4.69, 9.17) is 5.73 Å². The lowest BCUT2D eigenvalue weighted by Gasteiger charge is -2.18. The van der Waals surface area contributed by atoms with Gasteiger partial charge in [0.1, 0.15) is 0 Å². The largest absolute Gasteiger partial charge is 0.327 e. The van der Waals surface area contributed by atoms with Crippen molar-refractivity contribution in [3.8, 4) is 0 Å². The maximum Gasteiger partial charge on any atom is 0.228 e. The van der Waals surface area contributed by atoms with Crippen LogP contribution < -0.4 is 10.6 Å². The Morgan fingerprint density at radius 1 is 1.56 bits per heavy atom. The van der Waals surface area contributed by atoms with Crippen LogP contribution in [0.5, 0.6) is 0 Å². The minimum Gasteiger partial charge on any atom is -0.327 e. The molecule has 0 radical (unpaired) electrons. The van der Waals surface area contributed by atoms with E-state index in [1.54, 1.807) is 0 Å². The van der Waals surface area contributed by atoms with Crippen LogP contribution in [0, 0.1) is 6.92 Å². The fourth-order valence-electron chi connectivity index (χ4n) is 2.18. The summed E-state index contributed by atoms with van der Waals surface area (Å²) in [6.45, 7) is 4.74. The second-order valence-electron chi connectivity index (χ2n) is 4.61. The quantitative estimate of drug-likeness (QED) is 0.820. The van der Waals surface area contributed by atoms with E-state index >= 15 is 0 Å². The first-order chi connectivity index (χ1) is 7.58. The number of carbonyl (C=O) groups excluding carboxylic acids is 1. The minimum atomic E-state index is -0.0676. The van der Waals surface area contributed by atoms with Crippen LogP contribution >= 0.6 is 0 Å². The van der Waals surface area contributed by atoms with Crippen molar-refractivity contribution in [2.75, 3.05) is 11.4 Å². The number of hydrogen-bond acceptors (Lipinski definition) is 2. The first-order valence-electron chi connectivity index (χ1n) is 5.73. The van der Waals surface area contributed by atoms with Gasteiger partial charge in [0.2, 0.25) is 5.91 Å². The first kappa shape index (κ1) is 11.1. The molecular formula is C13H18N2O. The van der Waals surface area contributed by atoms with Crippen LogP contribution in [0.2, 0.25) is 0 Å². The average Bonchev–Trinajstić information content (AvgIpc) is 2.59. The van der Waals surface area contributed by atoms with Gasteiger partial charge in [-0.25, -0.2) is 0 Å². The normalized spacial score (nSPS) is 16.1. The molecule has 1 aliphatic rings. The van der Waals surface area contributed by atoms with Gasteiger partial charge in [0.25, 0.3) is 0 Å². The fourth-order valence-corrected chi connectivity index (χ4v) is 2.18. The number of benzene rings is 1. The molecule has 0 saturated heterocycles. The molecule has 0 bridgehead atoms. The van der Waals surface area contributed by atoms with Gasteiger partial charge in [-0.2, -0.15) is 0 Å². The van der Waals surface area contributed by atoms with Gasteiger partial charge in [-0.05, 0) is 31.9 Å². The zero-order valence-corrected chi connectivity index (χ0v) is 9.86. The molecule has 3 nitrogen and oxygen atoms in total. The molecule has 0 aliphatic carbocycles. The predicted molar refractivity (Wildman–Crippen MR) is 65.5 cm³/mol. The van der Waals surface area contributed by atoms with Crippen molar-refractivity contribution in [1.29, 1.82) is 0 Å². The average molecular weight is 218 g/mol. The zero-order valence-electron chi connectivity index (χ0n) is 9.86. The van der Waals surface area contributed by atoms with Gasteiger partial charge in [-0.3, -0.25) is 4.79 Å². The third kappa shape index (κ3) is 2.09. The summed E-state index contributed by atoms with van der Waals surface area (Å²) in [5, 5.41) is 0. The molecular weight excluding hydrogens is 200 g/mol. The predicted octanol–water partition coefficient (Wildman–Crippen LogP) is 1.62. The summed E-state index contributed by atoms with van der Waals surface area (Å²) in [7, 11) is 0. The van der Waals surface area contributed by atoms with Crippen LogP contribution in [0.1, 0.15) is 24.5 Å². The van der Waals surface area contributed by atoms with Crippen molar-refractivity contribution >= 4 is 11.6 Å². The zero-order chi connectivity index (χ0) is 11.7. The number of carbonyl (C=O) groups is 1. The highest BCUT2D eigenvalue weighted by molar-refractivity contribution is 5.95. The summed E-state index contributed by atoms with van der Waals surface area (Å²) in [5.41, 5.74) is 9.25. The topological polar surface area (TPSA) is 46.3 Å². The number of nitrogens with zero attached hydrogens (tertiary/aromatic N) is 1. The maximum atomic E-state index is 11.9. The summed E-state index contributed by atoms with van der Waals surface area (Å²) < 4.78 is 0. The molecule has 2 rings (SSSR count). The Morgan fingerprint density at radius 3 is 3.00 bits per heavy atom. The van der Waals surface area contributed by atoms with Crippen molar-refractivity contribution in [1.82, 2.24) is 0 Å². The number of nitrogens with two attached hydrogens (primary N) is 1. The van der Waals surface area contributed by atoms with Gasteiger partial charge in [-0.15, -0.1) is 0 Å². The maximum absolute atomic E-state index is 11.9. The molecule has 86 valence electrons. The third-order valence-corrected chi connectivity index (χ3v) is 2.93. The number of hydrogen-bond donors (Lipinski definition) is 1. The van der Waals surface area contributed by atoms with Crippen LogP contribution in [0.15, 0.2) is 18.2 Å². The summed E-state index contributed by atoms with van der Waals surface area (Å²) in [6.07, 6.45) is 1.38. The van der Waals surface area contributed by atoms with Gasteiger partial charge in [0, 0.05) is 24.7 Å². The molecule has 2 N–H and O–H groups in total. The van der Waals surface area contributed by atoms with Crippen molar-refractivity contribution in [2.24, 2.45) is 5.73 Å². The lowest BCUT2D eigenvalue weighted by atomic mass is 10.1. The highest BCUT2D eigenvalue weighted by Crippen LogP contribution is 2.29. The lowest BCUT2D eigenvalue weighted by Crippen LogP contribution is -2.33. The van der Waals surface area contributed by atoms with Gasteiger partial charge in [-0.1, -0.05) is 17.7 Å². The highest BCUT2D eigenvalue weighted by Gasteiger charge is 2.24. The third-order valence-electron chi connectivity index (χ3n) is 2.93. The highest BCUT2D eigenvalue weighted by atomic mass is 16.2. The van der Waals surface area contributed by atoms with E-state index in [-0.39, 0.29) is 11.9 Å². The smallest absolute Gasteiger partial charge is 0.228 e. The summed E-state index contributed by atoms with van der Waals surface area (Å²) in [6, 6.07) is 6.18. The Morgan fingerprint density at radius 2 is 2.31 bits per heavy atom. The van der Waals surface area contributed by atoms with Crippen molar-refractivity contribution in [2.45, 2.75) is 32.7 Å². The monoisotopic (exact) mass is 218 g/mol. The van der Waals surface area contributed by atoms with Crippen LogP contribution in [0.4, 0.5) is 5.69 Å². The van der Waals surface area contributed by atoms with E-state index in [0.717, 1.165) is 18.7 Å². The molecule has 1 aliphatic heterocycles. The number of fused-ring (bicyclic) bond motifs is 1. The number of anilines is 1. The molecule has 1 unspecified atom stereocenters. The van der Waals surface area contributed by atoms with Crippen LogP contribution in [0.3, 0.4) is 0 Å². The summed E-state index contributed by atoms with van der Waals surface area (Å²) in [5.74, 6) is 0.137. The van der Waals surface area contributed by atoms with Crippen molar-refractivity contribution in [3.63, 3.8) is 0 Å². The van der Waals surface area contributed by atoms with Crippen LogP contribution in [-0.4, -0.2) is 18.5 Å². The molecule has 1 heterocycles. The van der Waals surface area contributed by atoms with E-state index in [0.29, 0.717) is 6.42 Å². The van der Waals surface area contributed by atoms with Crippen molar-refractivity contribution in [3.05, 3.63) is 29.3 Å². The van der Waals surface area contributed by atoms with E-state index < -0.39 is 0 Å². The Hall–Kier alpha value is -1.35. The Bertz CT molecular complexity index is 412. The molecule has 1 atom stereocenters. The van der Waals surface area contributed by atoms with Crippen LogP contribution in [-0.2, 0) is 11.2 Å². The molecule has 16 heavy (non-hydrogen) atoms. The molecule has 1 aromatic carbocycles. The van der Waals surface area contributed by atoms with Gasteiger partial charge >= 0.3 is 0 Å². The van der Waals surface area contributed by atoms with E-state index in [9.17, 15) is 4.79 Å². The molecule has 3 heteroatoms. The Labute approximate surface area is 96.2 Å². The number of aryl methyl sites for hydroxylation is 1. The van der Waals surface area contributed by atoms with Gasteiger partial charge < -0.3 is 10.6 Å². The second-order valence-corrected chi connectivity index (χ2v) is 4.61.